The Morgan fingerprint density at radius 2 is 1.70 bits per heavy atom. The summed E-state index contributed by atoms with van der Waals surface area (Å²) in [5.41, 5.74) is 3.23. The number of alkyl halides is 1. The summed E-state index contributed by atoms with van der Waals surface area (Å²) in [5.74, 6) is 0. The molecule has 0 nitrogen and oxygen atoms in total. The lowest BCUT2D eigenvalue weighted by Crippen LogP contribution is -1.95. The van der Waals surface area contributed by atoms with Crippen molar-refractivity contribution in [3.05, 3.63) is 69.2 Å². The lowest BCUT2D eigenvalue weighted by atomic mass is 10.0. The Morgan fingerprint density at radius 1 is 1.00 bits per heavy atom. The van der Waals surface area contributed by atoms with Crippen molar-refractivity contribution in [1.82, 2.24) is 0 Å². The van der Waals surface area contributed by atoms with Crippen molar-refractivity contribution in [3.8, 4) is 0 Å². The van der Waals surface area contributed by atoms with Crippen LogP contribution in [0.25, 0.3) is 0 Å². The van der Waals surface area contributed by atoms with Crippen LogP contribution in [-0.4, -0.2) is 0 Å². The van der Waals surface area contributed by atoms with E-state index in [1.807, 2.05) is 12.1 Å². The molecule has 2 aromatic carbocycles. The normalized spacial score (nSPS) is 12.4. The summed E-state index contributed by atoms with van der Waals surface area (Å²) in [4.78, 5) is 0. The van der Waals surface area contributed by atoms with Gasteiger partial charge in [0, 0.05) is 0 Å². The van der Waals surface area contributed by atoms with E-state index in [1.54, 1.807) is 6.07 Å². The predicted molar refractivity (Wildman–Crippen MR) is 89.2 cm³/mol. The Hall–Kier alpha value is -0.690. The SMILES string of the molecule is CCCCc1ccc(C(Cl)c2cccc(Cl)c2Cl)cc1. The van der Waals surface area contributed by atoms with E-state index in [4.69, 9.17) is 34.8 Å². The standard InChI is InChI=1S/C17H17Cl3/c1-2-3-5-12-8-10-13(11-9-12)16(19)14-6-4-7-15(18)17(14)20/h4,6-11,16H,2-3,5H2,1H3. The van der Waals surface area contributed by atoms with Gasteiger partial charge in [-0.05, 0) is 35.6 Å². The molecule has 0 spiro atoms. The van der Waals surface area contributed by atoms with E-state index in [-0.39, 0.29) is 5.38 Å². The van der Waals surface area contributed by atoms with Crippen LogP contribution in [0.3, 0.4) is 0 Å². The van der Waals surface area contributed by atoms with E-state index in [1.165, 1.54) is 18.4 Å². The first kappa shape index (κ1) is 15.7. The van der Waals surface area contributed by atoms with Gasteiger partial charge < -0.3 is 0 Å². The molecule has 0 saturated carbocycles. The molecule has 2 aromatic rings. The Bertz CT molecular complexity index is 561. The maximum atomic E-state index is 6.52. The molecule has 1 atom stereocenters. The third-order valence-corrected chi connectivity index (χ3v) is 4.67. The topological polar surface area (TPSA) is 0 Å². The molecule has 0 fully saturated rings. The fraction of sp³-hybridized carbons (Fsp3) is 0.294. The van der Waals surface area contributed by atoms with Gasteiger partial charge in [-0.1, -0.05) is 72.9 Å². The Balaban J connectivity index is 2.20. The van der Waals surface area contributed by atoms with Crippen molar-refractivity contribution in [2.45, 2.75) is 31.6 Å². The van der Waals surface area contributed by atoms with E-state index in [0.717, 1.165) is 17.5 Å². The first-order chi connectivity index (χ1) is 9.63. The van der Waals surface area contributed by atoms with Crippen LogP contribution in [0.1, 0.15) is 41.8 Å². The molecular formula is C17H17Cl3. The van der Waals surface area contributed by atoms with Gasteiger partial charge in [-0.25, -0.2) is 0 Å². The van der Waals surface area contributed by atoms with Crippen molar-refractivity contribution in [2.24, 2.45) is 0 Å². The largest absolute Gasteiger partial charge is 0.113 e. The van der Waals surface area contributed by atoms with Gasteiger partial charge in [0.1, 0.15) is 0 Å². The Labute approximate surface area is 135 Å². The third kappa shape index (κ3) is 3.69. The minimum absolute atomic E-state index is 0.276. The van der Waals surface area contributed by atoms with Gasteiger partial charge in [-0.3, -0.25) is 0 Å². The number of unbranched alkanes of at least 4 members (excludes halogenated alkanes) is 1. The van der Waals surface area contributed by atoms with Crippen LogP contribution in [0.4, 0.5) is 0 Å². The van der Waals surface area contributed by atoms with E-state index in [2.05, 4.69) is 31.2 Å². The van der Waals surface area contributed by atoms with Gasteiger partial charge in [-0.15, -0.1) is 11.6 Å². The number of rotatable bonds is 5. The first-order valence-corrected chi connectivity index (χ1v) is 7.99. The molecule has 0 radical (unpaired) electrons. The molecule has 0 amide bonds. The van der Waals surface area contributed by atoms with Crippen molar-refractivity contribution in [1.29, 1.82) is 0 Å². The second-order valence-electron chi connectivity index (χ2n) is 4.85. The molecule has 0 saturated heterocycles. The lowest BCUT2D eigenvalue weighted by Gasteiger charge is -2.13. The lowest BCUT2D eigenvalue weighted by molar-refractivity contribution is 0.794. The summed E-state index contributed by atoms with van der Waals surface area (Å²) in [5, 5.41) is 0.792. The van der Waals surface area contributed by atoms with Crippen molar-refractivity contribution in [3.63, 3.8) is 0 Å². The zero-order valence-corrected chi connectivity index (χ0v) is 13.6. The van der Waals surface area contributed by atoms with Gasteiger partial charge in [0.15, 0.2) is 0 Å². The van der Waals surface area contributed by atoms with Crippen LogP contribution in [0.2, 0.25) is 10.0 Å². The molecule has 0 N–H and O–H groups in total. The van der Waals surface area contributed by atoms with Crippen molar-refractivity contribution < 1.29 is 0 Å². The third-order valence-electron chi connectivity index (χ3n) is 3.35. The monoisotopic (exact) mass is 326 g/mol. The van der Waals surface area contributed by atoms with Gasteiger partial charge >= 0.3 is 0 Å². The maximum absolute atomic E-state index is 6.52. The number of benzene rings is 2. The van der Waals surface area contributed by atoms with Crippen LogP contribution in [-0.2, 0) is 6.42 Å². The average molecular weight is 328 g/mol. The first-order valence-electron chi connectivity index (χ1n) is 6.80. The van der Waals surface area contributed by atoms with E-state index < -0.39 is 0 Å². The highest BCUT2D eigenvalue weighted by Crippen LogP contribution is 2.36. The van der Waals surface area contributed by atoms with Crippen molar-refractivity contribution >= 4 is 34.8 Å². The number of hydrogen-bond acceptors (Lipinski definition) is 0. The number of hydrogen-bond donors (Lipinski definition) is 0. The molecule has 3 heteroatoms. The minimum atomic E-state index is -0.276. The highest BCUT2D eigenvalue weighted by molar-refractivity contribution is 6.43. The summed E-state index contributed by atoms with van der Waals surface area (Å²) in [6.07, 6.45) is 3.53. The Kier molecular flexibility index (Phi) is 5.77. The molecule has 0 bridgehead atoms. The molecular weight excluding hydrogens is 311 g/mol. The van der Waals surface area contributed by atoms with E-state index in [0.29, 0.717) is 10.0 Å². The minimum Gasteiger partial charge on any atom is -0.113 e. The second kappa shape index (κ2) is 7.36. The molecule has 0 aliphatic rings. The van der Waals surface area contributed by atoms with Gasteiger partial charge in [0.05, 0.1) is 15.4 Å². The maximum Gasteiger partial charge on any atom is 0.0850 e. The van der Waals surface area contributed by atoms with Crippen LogP contribution >= 0.6 is 34.8 Å². The Morgan fingerprint density at radius 3 is 2.35 bits per heavy atom. The molecule has 0 heterocycles. The summed E-state index contributed by atoms with van der Waals surface area (Å²) >= 11 is 18.8. The molecule has 106 valence electrons. The molecule has 0 aliphatic heterocycles. The molecule has 20 heavy (non-hydrogen) atoms. The predicted octanol–water partition coefficient (Wildman–Crippen LogP) is 6.66. The highest BCUT2D eigenvalue weighted by atomic mass is 35.5. The van der Waals surface area contributed by atoms with E-state index >= 15 is 0 Å². The van der Waals surface area contributed by atoms with Crippen LogP contribution < -0.4 is 0 Å². The van der Waals surface area contributed by atoms with Crippen molar-refractivity contribution in [2.75, 3.05) is 0 Å². The van der Waals surface area contributed by atoms with E-state index in [9.17, 15) is 0 Å². The zero-order chi connectivity index (χ0) is 14.5. The molecule has 0 aliphatic carbocycles. The summed E-state index contributed by atoms with van der Waals surface area (Å²) in [6.45, 7) is 2.20. The fourth-order valence-corrected chi connectivity index (χ4v) is 2.93. The van der Waals surface area contributed by atoms with Crippen LogP contribution in [0, 0.1) is 0 Å². The summed E-state index contributed by atoms with van der Waals surface area (Å²) in [6, 6.07) is 14.0. The quantitative estimate of drug-likeness (QED) is 0.538. The van der Waals surface area contributed by atoms with Crippen LogP contribution in [0.5, 0.6) is 0 Å². The summed E-state index contributed by atoms with van der Waals surface area (Å²) in [7, 11) is 0. The molecule has 1 unspecified atom stereocenters. The van der Waals surface area contributed by atoms with Crippen LogP contribution in [0.15, 0.2) is 42.5 Å². The summed E-state index contributed by atoms with van der Waals surface area (Å²) < 4.78 is 0. The smallest absolute Gasteiger partial charge is 0.0850 e. The average Bonchev–Trinajstić information content (AvgIpc) is 2.48. The molecule has 0 aromatic heterocycles. The van der Waals surface area contributed by atoms with Gasteiger partial charge in [-0.2, -0.15) is 0 Å². The number of aryl methyl sites for hydroxylation is 1. The number of halogens is 3. The zero-order valence-electron chi connectivity index (χ0n) is 11.4. The van der Waals surface area contributed by atoms with Gasteiger partial charge in [0.2, 0.25) is 0 Å². The van der Waals surface area contributed by atoms with Gasteiger partial charge in [0.25, 0.3) is 0 Å². The second-order valence-corrected chi connectivity index (χ2v) is 6.07. The molecule has 2 rings (SSSR count). The highest BCUT2D eigenvalue weighted by Gasteiger charge is 2.15. The fourth-order valence-electron chi connectivity index (χ4n) is 2.13.